The summed E-state index contributed by atoms with van der Waals surface area (Å²) in [5.74, 6) is 1.33. The summed E-state index contributed by atoms with van der Waals surface area (Å²) in [7, 11) is 1.63. The Morgan fingerprint density at radius 3 is 2.58 bits per heavy atom. The molecule has 31 heavy (non-hydrogen) atoms. The van der Waals surface area contributed by atoms with Crippen molar-refractivity contribution in [2.75, 3.05) is 23.1 Å². The Hall–Kier alpha value is -2.47. The maximum absolute atomic E-state index is 12.6. The normalized spacial score (nSPS) is 15.9. The molecular formula is C25H32N2O3S. The highest BCUT2D eigenvalue weighted by Gasteiger charge is 2.34. The number of methoxy groups -OCH3 is 1. The molecule has 0 aliphatic carbocycles. The number of benzene rings is 2. The first-order valence-corrected chi connectivity index (χ1v) is 12.1. The van der Waals surface area contributed by atoms with Gasteiger partial charge >= 0.3 is 0 Å². The smallest absolute Gasteiger partial charge is 0.238 e. The molecule has 2 aromatic carbocycles. The predicted octanol–water partition coefficient (Wildman–Crippen LogP) is 6.16. The molecule has 6 heteroatoms. The van der Waals surface area contributed by atoms with Gasteiger partial charge in [0.1, 0.15) is 11.1 Å². The van der Waals surface area contributed by atoms with Gasteiger partial charge in [0.2, 0.25) is 11.8 Å². The molecule has 0 aromatic heterocycles. The predicted molar refractivity (Wildman–Crippen MR) is 129 cm³/mol. The van der Waals surface area contributed by atoms with E-state index >= 15 is 0 Å². The highest BCUT2D eigenvalue weighted by molar-refractivity contribution is 8.00. The summed E-state index contributed by atoms with van der Waals surface area (Å²) >= 11 is 1.60. The van der Waals surface area contributed by atoms with Crippen LogP contribution in [0, 0.1) is 0 Å². The second-order valence-electron chi connectivity index (χ2n) is 7.82. The number of amides is 2. The highest BCUT2D eigenvalue weighted by Crippen LogP contribution is 2.42. The molecule has 3 rings (SSSR count). The summed E-state index contributed by atoms with van der Waals surface area (Å²) < 4.78 is 5.23. The molecule has 5 nitrogen and oxygen atoms in total. The monoisotopic (exact) mass is 440 g/mol. The molecule has 1 N–H and O–H groups in total. The second-order valence-corrected chi connectivity index (χ2v) is 8.89. The van der Waals surface area contributed by atoms with E-state index in [9.17, 15) is 9.59 Å². The average Bonchev–Trinajstić information content (AvgIpc) is 3.18. The van der Waals surface area contributed by atoms with Gasteiger partial charge in [0.25, 0.3) is 0 Å². The number of anilines is 2. The minimum Gasteiger partial charge on any atom is -0.497 e. The van der Waals surface area contributed by atoms with Crippen LogP contribution in [-0.2, 0) is 9.59 Å². The largest absolute Gasteiger partial charge is 0.497 e. The fourth-order valence-electron chi connectivity index (χ4n) is 3.75. The van der Waals surface area contributed by atoms with Crippen LogP contribution in [0.1, 0.15) is 62.8 Å². The molecule has 0 bridgehead atoms. The molecule has 2 amide bonds. The Bertz CT molecular complexity index is 869. The number of hydrogen-bond donors (Lipinski definition) is 1. The van der Waals surface area contributed by atoms with Crippen LogP contribution >= 0.6 is 11.8 Å². The molecule has 0 saturated carbocycles. The number of carbonyl (C=O) groups excluding carboxylic acids is 2. The zero-order valence-corrected chi connectivity index (χ0v) is 19.2. The van der Waals surface area contributed by atoms with Gasteiger partial charge in [-0.05, 0) is 48.4 Å². The zero-order chi connectivity index (χ0) is 22.1. The Morgan fingerprint density at radius 2 is 1.84 bits per heavy atom. The van der Waals surface area contributed by atoms with Gasteiger partial charge in [-0.25, -0.2) is 0 Å². The Balaban J connectivity index is 1.61. The Morgan fingerprint density at radius 1 is 1.10 bits per heavy atom. The molecule has 1 aliphatic rings. The van der Waals surface area contributed by atoms with Gasteiger partial charge in [-0.1, -0.05) is 51.2 Å². The van der Waals surface area contributed by atoms with Crippen molar-refractivity contribution in [3.63, 3.8) is 0 Å². The first kappa shape index (κ1) is 23.2. The van der Waals surface area contributed by atoms with Crippen molar-refractivity contribution in [1.82, 2.24) is 0 Å². The van der Waals surface area contributed by atoms with E-state index in [-0.39, 0.29) is 17.2 Å². The zero-order valence-electron chi connectivity index (χ0n) is 18.4. The van der Waals surface area contributed by atoms with Crippen molar-refractivity contribution < 1.29 is 14.3 Å². The third kappa shape index (κ3) is 6.50. The lowest BCUT2D eigenvalue weighted by Gasteiger charge is -2.25. The van der Waals surface area contributed by atoms with Crippen molar-refractivity contribution >= 4 is 35.0 Å². The summed E-state index contributed by atoms with van der Waals surface area (Å²) in [5, 5.41) is 2.91. The van der Waals surface area contributed by atoms with Gasteiger partial charge < -0.3 is 10.1 Å². The summed E-state index contributed by atoms with van der Waals surface area (Å²) in [6.45, 7) is 2.21. The van der Waals surface area contributed by atoms with Gasteiger partial charge in [-0.15, -0.1) is 11.8 Å². The van der Waals surface area contributed by atoms with E-state index in [1.807, 2.05) is 53.4 Å². The van der Waals surface area contributed by atoms with Crippen LogP contribution in [0.2, 0.25) is 0 Å². The minimum atomic E-state index is -0.115. The van der Waals surface area contributed by atoms with Gasteiger partial charge in [-0.2, -0.15) is 0 Å². The molecule has 1 heterocycles. The summed E-state index contributed by atoms with van der Waals surface area (Å²) in [6.07, 6.45) is 7.53. The van der Waals surface area contributed by atoms with Crippen LogP contribution in [0.4, 0.5) is 11.4 Å². The molecular weight excluding hydrogens is 408 g/mol. The number of ether oxygens (including phenoxy) is 1. The lowest BCUT2D eigenvalue weighted by Crippen LogP contribution is -2.27. The SMILES string of the molecule is CCCCCCCCC(=O)Nc1cccc(C2SCC(=O)N2c2ccc(OC)cc2)c1. The quantitative estimate of drug-likeness (QED) is 0.425. The molecule has 1 unspecified atom stereocenters. The van der Waals surface area contributed by atoms with Gasteiger partial charge in [0.15, 0.2) is 0 Å². The number of carbonyl (C=O) groups is 2. The van der Waals surface area contributed by atoms with Crippen molar-refractivity contribution in [1.29, 1.82) is 0 Å². The number of nitrogens with one attached hydrogen (secondary N) is 1. The van der Waals surface area contributed by atoms with E-state index in [1.54, 1.807) is 18.9 Å². The van der Waals surface area contributed by atoms with Crippen LogP contribution in [0.25, 0.3) is 0 Å². The Labute approximate surface area is 189 Å². The minimum absolute atomic E-state index is 0.0507. The van der Waals surface area contributed by atoms with Crippen molar-refractivity contribution in [3.05, 3.63) is 54.1 Å². The molecule has 0 spiro atoms. The van der Waals surface area contributed by atoms with E-state index in [0.717, 1.165) is 35.5 Å². The van der Waals surface area contributed by atoms with Gasteiger partial charge in [-0.3, -0.25) is 14.5 Å². The third-order valence-corrected chi connectivity index (χ3v) is 6.64. The first-order chi connectivity index (χ1) is 15.1. The van der Waals surface area contributed by atoms with Crippen LogP contribution in [0.5, 0.6) is 5.75 Å². The first-order valence-electron chi connectivity index (χ1n) is 11.1. The highest BCUT2D eigenvalue weighted by atomic mass is 32.2. The number of nitrogens with zero attached hydrogens (tertiary/aromatic N) is 1. The topological polar surface area (TPSA) is 58.6 Å². The van der Waals surface area contributed by atoms with Crippen LogP contribution < -0.4 is 15.0 Å². The fourth-order valence-corrected chi connectivity index (χ4v) is 4.92. The van der Waals surface area contributed by atoms with E-state index in [0.29, 0.717) is 12.2 Å². The standard InChI is InChI=1S/C25H32N2O3S/c1-3-4-5-6-7-8-12-23(28)26-20-11-9-10-19(17-20)25-27(24(29)18-31-25)21-13-15-22(30-2)16-14-21/h9-11,13-17,25H,3-8,12,18H2,1-2H3,(H,26,28). The van der Waals surface area contributed by atoms with Crippen LogP contribution in [0.15, 0.2) is 48.5 Å². The third-order valence-electron chi connectivity index (χ3n) is 5.43. The van der Waals surface area contributed by atoms with Gasteiger partial charge in [0.05, 0.1) is 12.9 Å². The lowest BCUT2D eigenvalue weighted by molar-refractivity contribution is -0.117. The molecule has 1 fully saturated rings. The maximum Gasteiger partial charge on any atom is 0.238 e. The van der Waals surface area contributed by atoms with Crippen molar-refractivity contribution in [3.8, 4) is 5.75 Å². The molecule has 1 saturated heterocycles. The van der Waals surface area contributed by atoms with E-state index in [4.69, 9.17) is 4.74 Å². The summed E-state index contributed by atoms with van der Waals surface area (Å²) in [6, 6.07) is 15.4. The van der Waals surface area contributed by atoms with Crippen LogP contribution in [-0.4, -0.2) is 24.7 Å². The average molecular weight is 441 g/mol. The van der Waals surface area contributed by atoms with Crippen molar-refractivity contribution in [2.24, 2.45) is 0 Å². The van der Waals surface area contributed by atoms with E-state index < -0.39 is 0 Å². The van der Waals surface area contributed by atoms with E-state index in [1.165, 1.54) is 25.7 Å². The van der Waals surface area contributed by atoms with E-state index in [2.05, 4.69) is 12.2 Å². The van der Waals surface area contributed by atoms with Gasteiger partial charge in [0, 0.05) is 17.8 Å². The van der Waals surface area contributed by atoms with Crippen LogP contribution in [0.3, 0.4) is 0 Å². The Kier molecular flexibility index (Phi) is 8.83. The molecule has 1 atom stereocenters. The summed E-state index contributed by atoms with van der Waals surface area (Å²) in [4.78, 5) is 26.8. The number of thioether (sulfide) groups is 1. The maximum atomic E-state index is 12.6. The number of unbranched alkanes of at least 4 members (excludes halogenated alkanes) is 5. The second kappa shape index (κ2) is 11.8. The number of rotatable bonds is 11. The molecule has 1 aliphatic heterocycles. The summed E-state index contributed by atoms with van der Waals surface area (Å²) in [5.41, 5.74) is 2.63. The molecule has 166 valence electrons. The lowest BCUT2D eigenvalue weighted by atomic mass is 10.1. The van der Waals surface area contributed by atoms with Crippen molar-refractivity contribution in [2.45, 2.75) is 57.2 Å². The molecule has 0 radical (unpaired) electrons. The fraction of sp³-hybridized carbons (Fsp3) is 0.440. The number of hydrogen-bond acceptors (Lipinski definition) is 4. The molecule has 2 aromatic rings.